The first-order valence-electron chi connectivity index (χ1n) is 11.2. The fraction of sp³-hybridized carbons (Fsp3) is 0.296. The van der Waals surface area contributed by atoms with E-state index in [0.717, 1.165) is 18.4 Å². The largest absolute Gasteiger partial charge is 0.489 e. The quantitative estimate of drug-likeness (QED) is 0.481. The Kier molecular flexibility index (Phi) is 6.62. The zero-order chi connectivity index (χ0) is 24.5. The maximum atomic E-state index is 13.6. The van der Waals surface area contributed by atoms with Crippen molar-refractivity contribution in [1.82, 2.24) is 4.98 Å². The number of primary amides is 1. The van der Waals surface area contributed by atoms with E-state index in [9.17, 15) is 9.59 Å². The van der Waals surface area contributed by atoms with E-state index in [1.54, 1.807) is 36.3 Å². The van der Waals surface area contributed by atoms with Gasteiger partial charge in [-0.2, -0.15) is 0 Å². The number of halogens is 1. The van der Waals surface area contributed by atoms with Gasteiger partial charge in [0.2, 0.25) is 11.8 Å². The molecule has 7 heteroatoms. The summed E-state index contributed by atoms with van der Waals surface area (Å²) in [6.45, 7) is 4.35. The van der Waals surface area contributed by atoms with Gasteiger partial charge in [-0.3, -0.25) is 14.5 Å². The van der Waals surface area contributed by atoms with Gasteiger partial charge in [-0.25, -0.2) is 4.98 Å². The van der Waals surface area contributed by atoms with E-state index in [2.05, 4.69) is 4.98 Å². The molecule has 2 amide bonds. The van der Waals surface area contributed by atoms with Gasteiger partial charge in [0.25, 0.3) is 0 Å². The van der Waals surface area contributed by atoms with Crippen LogP contribution in [0.3, 0.4) is 0 Å². The van der Waals surface area contributed by atoms with Crippen LogP contribution in [0.4, 0.5) is 5.82 Å². The zero-order valence-electron chi connectivity index (χ0n) is 19.5. The van der Waals surface area contributed by atoms with Gasteiger partial charge in [0.05, 0.1) is 12.0 Å². The maximum Gasteiger partial charge on any atom is 0.248 e. The summed E-state index contributed by atoms with van der Waals surface area (Å²) in [5.74, 6) is 0.787. The normalized spacial score (nSPS) is 13.4. The molecule has 1 saturated carbocycles. The second kappa shape index (κ2) is 9.47. The summed E-state index contributed by atoms with van der Waals surface area (Å²) >= 11 is 6.42. The third kappa shape index (κ3) is 4.92. The average molecular weight is 478 g/mol. The molecule has 176 valence electrons. The lowest BCUT2D eigenvalue weighted by atomic mass is 9.83. The fourth-order valence-corrected chi connectivity index (χ4v) is 4.06. The molecule has 4 rings (SSSR count). The number of carbonyl (C=O) groups is 2. The minimum Gasteiger partial charge on any atom is -0.489 e. The summed E-state index contributed by atoms with van der Waals surface area (Å²) < 4.78 is 6.14. The number of rotatable bonds is 8. The van der Waals surface area contributed by atoms with Crippen LogP contribution in [0.1, 0.15) is 42.6 Å². The van der Waals surface area contributed by atoms with Crippen LogP contribution < -0.4 is 15.4 Å². The van der Waals surface area contributed by atoms with Crippen LogP contribution in [0.5, 0.6) is 5.75 Å². The number of nitrogens with zero attached hydrogens (tertiary/aromatic N) is 2. The summed E-state index contributed by atoms with van der Waals surface area (Å²) in [5, 5.41) is 0.460. The molecule has 34 heavy (non-hydrogen) atoms. The molecule has 1 heterocycles. The van der Waals surface area contributed by atoms with Crippen LogP contribution in [0.15, 0.2) is 60.8 Å². The Labute approximate surface area is 204 Å². The van der Waals surface area contributed by atoms with E-state index < -0.39 is 11.3 Å². The Bertz CT molecular complexity index is 1220. The summed E-state index contributed by atoms with van der Waals surface area (Å²) in [6, 6.07) is 16.3. The first-order valence-corrected chi connectivity index (χ1v) is 11.6. The Morgan fingerprint density at radius 1 is 1.15 bits per heavy atom. The number of likely N-dealkylation sites (N-methyl/N-ethyl adjacent to an activating group) is 1. The highest BCUT2D eigenvalue weighted by atomic mass is 35.5. The molecule has 0 aliphatic heterocycles. The summed E-state index contributed by atoms with van der Waals surface area (Å²) in [7, 11) is 1.71. The number of carbonyl (C=O) groups excluding carboxylic acids is 2. The Morgan fingerprint density at radius 3 is 2.50 bits per heavy atom. The van der Waals surface area contributed by atoms with Gasteiger partial charge in [0, 0.05) is 35.0 Å². The highest BCUT2D eigenvalue weighted by Gasteiger charge is 2.34. The van der Waals surface area contributed by atoms with Gasteiger partial charge in [-0.05, 0) is 62.4 Å². The molecule has 1 fully saturated rings. The lowest BCUT2D eigenvalue weighted by molar-refractivity contribution is -0.122. The van der Waals surface area contributed by atoms with Crippen LogP contribution >= 0.6 is 11.6 Å². The number of hydrogen-bond donors (Lipinski definition) is 1. The third-order valence-corrected chi connectivity index (χ3v) is 6.55. The number of amides is 2. The van der Waals surface area contributed by atoms with Gasteiger partial charge in [-0.15, -0.1) is 0 Å². The molecular formula is C27H28ClN3O3. The molecule has 6 nitrogen and oxygen atoms in total. The van der Waals surface area contributed by atoms with Crippen LogP contribution in [0, 0.1) is 5.92 Å². The number of aromatic nitrogens is 1. The number of benzene rings is 2. The standard InChI is InChI=1S/C27H28ClN3O3/c1-27(2,20-7-5-4-6-8-20)26(33)31(3)25-23(34-16-17-9-10-17)14-19(15-30-25)21-13-18(24(29)32)11-12-22(21)28/h4-8,11-15,17H,9-10,16H2,1-3H3,(H2,29,32). The van der Waals surface area contributed by atoms with E-state index in [0.29, 0.717) is 45.8 Å². The van der Waals surface area contributed by atoms with Gasteiger partial charge in [-0.1, -0.05) is 41.9 Å². The molecule has 2 aromatic carbocycles. The predicted molar refractivity (Wildman–Crippen MR) is 134 cm³/mol. The second-order valence-corrected chi connectivity index (χ2v) is 9.62. The van der Waals surface area contributed by atoms with Crippen molar-refractivity contribution in [3.8, 4) is 16.9 Å². The zero-order valence-corrected chi connectivity index (χ0v) is 20.3. The van der Waals surface area contributed by atoms with Crippen LogP contribution in [0.25, 0.3) is 11.1 Å². The number of ether oxygens (including phenoxy) is 1. The number of anilines is 1. The van der Waals surface area contributed by atoms with Crippen molar-refractivity contribution in [1.29, 1.82) is 0 Å². The molecule has 3 aromatic rings. The van der Waals surface area contributed by atoms with Crippen molar-refractivity contribution in [3.05, 3.63) is 76.9 Å². The summed E-state index contributed by atoms with van der Waals surface area (Å²) in [5.41, 5.74) is 7.24. The first kappa shape index (κ1) is 23.8. The maximum absolute atomic E-state index is 13.6. The average Bonchev–Trinajstić information content (AvgIpc) is 3.67. The summed E-state index contributed by atoms with van der Waals surface area (Å²) in [6.07, 6.45) is 3.89. The molecular weight excluding hydrogens is 450 g/mol. The Hall–Kier alpha value is -3.38. The monoisotopic (exact) mass is 477 g/mol. The van der Waals surface area contributed by atoms with Gasteiger partial charge < -0.3 is 10.5 Å². The predicted octanol–water partition coefficient (Wildman–Crippen LogP) is 5.23. The third-order valence-electron chi connectivity index (χ3n) is 6.22. The smallest absolute Gasteiger partial charge is 0.248 e. The molecule has 1 aromatic heterocycles. The van der Waals surface area contributed by atoms with Gasteiger partial charge >= 0.3 is 0 Å². The van der Waals surface area contributed by atoms with E-state index in [4.69, 9.17) is 22.1 Å². The highest BCUT2D eigenvalue weighted by Crippen LogP contribution is 2.38. The van der Waals surface area contributed by atoms with Crippen LogP contribution in [0.2, 0.25) is 5.02 Å². The van der Waals surface area contributed by atoms with Crippen molar-refractivity contribution in [2.75, 3.05) is 18.6 Å². The molecule has 0 radical (unpaired) electrons. The van der Waals surface area contributed by atoms with E-state index in [1.807, 2.05) is 50.2 Å². The van der Waals surface area contributed by atoms with Crippen molar-refractivity contribution < 1.29 is 14.3 Å². The summed E-state index contributed by atoms with van der Waals surface area (Å²) in [4.78, 5) is 31.4. The topological polar surface area (TPSA) is 85.5 Å². The van der Waals surface area contributed by atoms with Crippen molar-refractivity contribution in [2.45, 2.75) is 32.1 Å². The number of hydrogen-bond acceptors (Lipinski definition) is 4. The van der Waals surface area contributed by atoms with Crippen LogP contribution in [-0.4, -0.2) is 30.5 Å². The molecule has 1 aliphatic carbocycles. The minimum atomic E-state index is -0.761. The van der Waals surface area contributed by atoms with Gasteiger partial charge in [0.15, 0.2) is 11.6 Å². The first-order chi connectivity index (χ1) is 16.2. The number of pyridine rings is 1. The second-order valence-electron chi connectivity index (χ2n) is 9.21. The Balaban J connectivity index is 1.72. The molecule has 2 N–H and O–H groups in total. The minimum absolute atomic E-state index is 0.107. The van der Waals surface area contributed by atoms with E-state index in [1.165, 1.54) is 0 Å². The molecule has 1 aliphatic rings. The van der Waals surface area contributed by atoms with E-state index >= 15 is 0 Å². The Morgan fingerprint density at radius 2 is 1.85 bits per heavy atom. The number of nitrogens with two attached hydrogens (primary N) is 1. The van der Waals surface area contributed by atoms with Crippen molar-refractivity contribution in [3.63, 3.8) is 0 Å². The molecule has 0 bridgehead atoms. The van der Waals surface area contributed by atoms with Crippen molar-refractivity contribution in [2.24, 2.45) is 11.7 Å². The van der Waals surface area contributed by atoms with Crippen molar-refractivity contribution >= 4 is 29.2 Å². The van der Waals surface area contributed by atoms with Gasteiger partial charge in [0.1, 0.15) is 0 Å². The lowest BCUT2D eigenvalue weighted by Crippen LogP contribution is -2.42. The van der Waals surface area contributed by atoms with Crippen LogP contribution in [-0.2, 0) is 10.2 Å². The highest BCUT2D eigenvalue weighted by molar-refractivity contribution is 6.33. The molecule has 0 spiro atoms. The lowest BCUT2D eigenvalue weighted by Gasteiger charge is -2.30. The molecule has 0 saturated heterocycles. The molecule has 0 unspecified atom stereocenters. The fourth-order valence-electron chi connectivity index (χ4n) is 3.83. The van der Waals surface area contributed by atoms with E-state index in [-0.39, 0.29) is 5.91 Å². The molecule has 0 atom stereocenters. The SMILES string of the molecule is CN(C(=O)C(C)(C)c1ccccc1)c1ncc(-c2cc(C(N)=O)ccc2Cl)cc1OCC1CC1.